The van der Waals surface area contributed by atoms with E-state index >= 15 is 0 Å². The average molecular weight is 568 g/mol. The molecule has 8 nitrogen and oxygen atoms in total. The molecule has 1 amide bonds. The van der Waals surface area contributed by atoms with Gasteiger partial charge in [0.15, 0.2) is 14.0 Å². The second-order valence-electron chi connectivity index (χ2n) is 12.0. The Morgan fingerprint density at radius 2 is 1.63 bits per heavy atom. The maximum absolute atomic E-state index is 14.7. The molecule has 3 atom stereocenters. The van der Waals surface area contributed by atoms with Crippen LogP contribution in [0.4, 0.5) is 0 Å². The number of hydrogen-bond acceptors (Lipinski definition) is 5. The first-order valence-electron chi connectivity index (χ1n) is 14.7. The summed E-state index contributed by atoms with van der Waals surface area (Å²) in [5, 5.41) is 13.6. The van der Waals surface area contributed by atoms with E-state index in [2.05, 4.69) is 63.6 Å². The molecular weight excluding hydrogens is 534 g/mol. The highest BCUT2D eigenvalue weighted by Crippen LogP contribution is 2.57. The Morgan fingerprint density at radius 1 is 1.00 bits per heavy atom. The van der Waals surface area contributed by atoms with E-state index < -0.39 is 32.1 Å². The van der Waals surface area contributed by atoms with Crippen LogP contribution in [0.15, 0.2) is 48.5 Å². The van der Waals surface area contributed by atoms with Gasteiger partial charge in [-0.3, -0.25) is 4.79 Å². The van der Waals surface area contributed by atoms with Gasteiger partial charge >= 0.3 is 5.97 Å². The Labute approximate surface area is 238 Å². The predicted octanol–water partition coefficient (Wildman–Crippen LogP) is 7.10. The van der Waals surface area contributed by atoms with Crippen molar-refractivity contribution in [1.82, 2.24) is 13.7 Å². The van der Waals surface area contributed by atoms with Gasteiger partial charge in [0.25, 0.3) is 0 Å². The number of para-hydroxylation sites is 2. The fourth-order valence-corrected chi connectivity index (χ4v) is 12.3. The molecule has 0 spiro atoms. The second kappa shape index (κ2) is 8.21. The van der Waals surface area contributed by atoms with Crippen LogP contribution in [0.2, 0.25) is 18.1 Å². The molecule has 1 fully saturated rings. The van der Waals surface area contributed by atoms with E-state index in [0.717, 1.165) is 72.9 Å². The highest BCUT2D eigenvalue weighted by atomic mass is 28.3. The summed E-state index contributed by atoms with van der Waals surface area (Å²) in [7, 11) is -2.04. The molecule has 0 radical (unpaired) electrons. The minimum Gasteiger partial charge on any atom is -0.361 e. The lowest BCUT2D eigenvalue weighted by Gasteiger charge is -2.38. The first-order chi connectivity index (χ1) is 19.8. The maximum atomic E-state index is 14.7. The molecule has 3 aliphatic rings. The van der Waals surface area contributed by atoms with Gasteiger partial charge in [0.05, 0.1) is 27.6 Å². The lowest BCUT2D eigenvalue weighted by Crippen LogP contribution is -2.52. The summed E-state index contributed by atoms with van der Waals surface area (Å²) in [6.07, 6.45) is -0.138. The maximum Gasteiger partial charge on any atom is 0.350 e. The van der Waals surface area contributed by atoms with Crippen LogP contribution in [0.25, 0.3) is 43.6 Å². The zero-order valence-corrected chi connectivity index (χ0v) is 24.7. The minimum atomic E-state index is -2.04. The molecular formula is C32H33N3O5Si. The van der Waals surface area contributed by atoms with Gasteiger partial charge in [0.1, 0.15) is 12.1 Å². The average Bonchev–Trinajstić information content (AvgIpc) is 3.70. The minimum absolute atomic E-state index is 0.155. The van der Waals surface area contributed by atoms with Crippen LogP contribution in [0.1, 0.15) is 56.3 Å². The van der Waals surface area contributed by atoms with Gasteiger partial charge in [0.2, 0.25) is 5.91 Å². The van der Waals surface area contributed by atoms with Crippen LogP contribution < -0.4 is 0 Å². The van der Waals surface area contributed by atoms with Crippen molar-refractivity contribution in [2.24, 2.45) is 5.92 Å². The van der Waals surface area contributed by atoms with Gasteiger partial charge in [-0.05, 0) is 42.8 Å². The summed E-state index contributed by atoms with van der Waals surface area (Å²) < 4.78 is 13.5. The standard InChI is InChI=1S/C32H33N3O5Si/c1-5-41(6-2,7-3)33-17-20-25-19-13-9-11-15-23(19)35-29(25)28-26(27(20)30(33)36)18-12-8-10-14-22(18)34(28)24-16-21(31(37)40-38)32(35,4)39-24/h8-15,21,24,38H,5-7,16-17H2,1-4H3/t21?,24-,32?/m0/s1. The van der Waals surface area contributed by atoms with Crippen LogP contribution in [0.3, 0.4) is 0 Å². The Bertz CT molecular complexity index is 1960. The summed E-state index contributed by atoms with van der Waals surface area (Å²) >= 11 is 0. The van der Waals surface area contributed by atoms with Crippen LogP contribution in [-0.2, 0) is 26.7 Å². The summed E-state index contributed by atoms with van der Waals surface area (Å²) in [6.45, 7) is 9.25. The molecule has 3 aliphatic heterocycles. The molecule has 8 rings (SSSR count). The van der Waals surface area contributed by atoms with Crippen molar-refractivity contribution >= 4 is 63.7 Å². The zero-order chi connectivity index (χ0) is 28.4. The topological polar surface area (TPSA) is 85.9 Å². The highest BCUT2D eigenvalue weighted by molar-refractivity contribution is 6.79. The van der Waals surface area contributed by atoms with Crippen molar-refractivity contribution in [3.63, 3.8) is 0 Å². The number of ether oxygens (including phenoxy) is 1. The zero-order valence-electron chi connectivity index (χ0n) is 23.7. The van der Waals surface area contributed by atoms with Crippen molar-refractivity contribution < 1.29 is 24.5 Å². The van der Waals surface area contributed by atoms with Crippen molar-refractivity contribution in [1.29, 1.82) is 0 Å². The quantitative estimate of drug-likeness (QED) is 0.139. The van der Waals surface area contributed by atoms with E-state index in [1.807, 2.05) is 31.2 Å². The van der Waals surface area contributed by atoms with Gasteiger partial charge in [-0.2, -0.15) is 5.26 Å². The lowest BCUT2D eigenvalue weighted by molar-refractivity contribution is -0.245. The molecule has 5 aromatic rings. The third-order valence-corrected chi connectivity index (χ3v) is 16.2. The smallest absolute Gasteiger partial charge is 0.350 e. The first-order valence-corrected chi connectivity index (χ1v) is 17.3. The van der Waals surface area contributed by atoms with Gasteiger partial charge in [-0.1, -0.05) is 57.2 Å². The number of carbonyl (C=O) groups excluding carboxylic acids is 2. The number of aromatic nitrogens is 2. The van der Waals surface area contributed by atoms with E-state index in [-0.39, 0.29) is 5.91 Å². The van der Waals surface area contributed by atoms with Crippen LogP contribution >= 0.6 is 0 Å². The van der Waals surface area contributed by atoms with Gasteiger partial charge in [-0.15, -0.1) is 0 Å². The van der Waals surface area contributed by atoms with E-state index in [0.29, 0.717) is 13.0 Å². The largest absolute Gasteiger partial charge is 0.361 e. The third-order valence-electron chi connectivity index (χ3n) is 10.8. The van der Waals surface area contributed by atoms with Crippen LogP contribution in [-0.4, -0.2) is 39.1 Å². The number of fused-ring (bicyclic) bond motifs is 13. The Kier molecular flexibility index (Phi) is 5.02. The molecule has 2 bridgehead atoms. The summed E-state index contributed by atoms with van der Waals surface area (Å²) in [5.74, 6) is -1.28. The van der Waals surface area contributed by atoms with E-state index in [1.165, 1.54) is 0 Å². The van der Waals surface area contributed by atoms with Crippen LogP contribution in [0.5, 0.6) is 0 Å². The molecule has 1 saturated heterocycles. The monoisotopic (exact) mass is 567 g/mol. The normalized spacial score (nSPS) is 23.4. The summed E-state index contributed by atoms with van der Waals surface area (Å²) in [4.78, 5) is 32.1. The van der Waals surface area contributed by atoms with Crippen molar-refractivity contribution in [2.45, 2.75) is 70.7 Å². The lowest BCUT2D eigenvalue weighted by atomic mass is 9.93. The van der Waals surface area contributed by atoms with Gasteiger partial charge < -0.3 is 23.3 Å². The fourth-order valence-electron chi connectivity index (χ4n) is 8.59. The fraction of sp³-hybridized carbons (Fsp3) is 0.375. The summed E-state index contributed by atoms with van der Waals surface area (Å²) in [5.41, 5.74) is 4.65. The molecule has 9 heteroatoms. The molecule has 0 aliphatic carbocycles. The molecule has 41 heavy (non-hydrogen) atoms. The van der Waals surface area contributed by atoms with E-state index in [9.17, 15) is 14.8 Å². The Morgan fingerprint density at radius 3 is 2.29 bits per heavy atom. The molecule has 2 aromatic heterocycles. The highest BCUT2D eigenvalue weighted by Gasteiger charge is 2.56. The molecule has 1 N–H and O–H groups in total. The Balaban J connectivity index is 1.61. The second-order valence-corrected chi connectivity index (χ2v) is 17.2. The van der Waals surface area contributed by atoms with E-state index in [1.54, 1.807) is 0 Å². The number of amides is 1. The van der Waals surface area contributed by atoms with Gasteiger partial charge in [-0.25, -0.2) is 4.79 Å². The van der Waals surface area contributed by atoms with Crippen molar-refractivity contribution in [3.8, 4) is 0 Å². The SMILES string of the molecule is CC[Si](CC)(CC)N1Cc2c(c3c4ccccc4n4c3c3c2c2ccccc2n3C2(C)O[C@H]4CC2C(=O)OO)C1=O. The van der Waals surface area contributed by atoms with Gasteiger partial charge in [0, 0.05) is 34.5 Å². The van der Waals surface area contributed by atoms with Crippen molar-refractivity contribution in [3.05, 3.63) is 59.7 Å². The molecule has 5 heterocycles. The third kappa shape index (κ3) is 2.77. The molecule has 3 aromatic carbocycles. The molecule has 0 saturated carbocycles. The number of benzene rings is 3. The summed E-state index contributed by atoms with van der Waals surface area (Å²) in [6, 6.07) is 19.5. The first kappa shape index (κ1) is 25.1. The number of rotatable bonds is 5. The predicted molar refractivity (Wildman–Crippen MR) is 160 cm³/mol. The number of hydrogen-bond donors (Lipinski definition) is 1. The molecule has 210 valence electrons. The van der Waals surface area contributed by atoms with Crippen molar-refractivity contribution in [2.75, 3.05) is 0 Å². The number of nitrogens with zero attached hydrogens (tertiary/aromatic N) is 3. The number of carbonyl (C=O) groups is 2. The van der Waals surface area contributed by atoms with Crippen LogP contribution in [0, 0.1) is 5.92 Å². The van der Waals surface area contributed by atoms with E-state index in [4.69, 9.17) is 4.74 Å². The molecule has 2 unspecified atom stereocenters. The Hall–Kier alpha value is -3.66.